The second kappa shape index (κ2) is 6.45. The second-order valence-electron chi connectivity index (χ2n) is 6.18. The zero-order valence-corrected chi connectivity index (χ0v) is 12.9. The summed E-state index contributed by atoms with van der Waals surface area (Å²) in [7, 11) is 0. The Balaban J connectivity index is 1.94. The Labute approximate surface area is 122 Å². The van der Waals surface area contributed by atoms with Gasteiger partial charge >= 0.3 is 0 Å². The third-order valence-corrected chi connectivity index (χ3v) is 3.71. The second-order valence-corrected chi connectivity index (χ2v) is 6.18. The Morgan fingerprint density at radius 1 is 1.10 bits per heavy atom. The lowest BCUT2D eigenvalue weighted by Crippen LogP contribution is -2.37. The minimum atomic E-state index is -0.577. The lowest BCUT2D eigenvalue weighted by Gasteiger charge is -2.33. The van der Waals surface area contributed by atoms with Crippen LogP contribution in [0.3, 0.4) is 0 Å². The summed E-state index contributed by atoms with van der Waals surface area (Å²) < 4.78 is 12.1. The number of hydrogen-bond acceptors (Lipinski definition) is 2. The van der Waals surface area contributed by atoms with Crippen LogP contribution in [0.5, 0.6) is 5.75 Å². The van der Waals surface area contributed by atoms with E-state index in [-0.39, 0.29) is 0 Å². The van der Waals surface area contributed by atoms with Gasteiger partial charge in [0.15, 0.2) is 0 Å². The van der Waals surface area contributed by atoms with Gasteiger partial charge in [0.2, 0.25) is 5.79 Å². The van der Waals surface area contributed by atoms with E-state index in [0.29, 0.717) is 6.10 Å². The molecule has 0 N–H and O–H groups in total. The summed E-state index contributed by atoms with van der Waals surface area (Å²) in [6.07, 6.45) is 6.53. The molecule has 110 valence electrons. The highest BCUT2D eigenvalue weighted by molar-refractivity contribution is 5.61. The average molecular weight is 274 g/mol. The first-order valence-corrected chi connectivity index (χ1v) is 7.59. The van der Waals surface area contributed by atoms with Crippen LogP contribution in [0, 0.1) is 0 Å². The van der Waals surface area contributed by atoms with Gasteiger partial charge in [-0.3, -0.25) is 0 Å². The summed E-state index contributed by atoms with van der Waals surface area (Å²) in [6, 6.07) is 8.04. The zero-order valence-electron chi connectivity index (χ0n) is 12.9. The number of rotatable bonds is 5. The Hall–Kier alpha value is -1.28. The van der Waals surface area contributed by atoms with Gasteiger partial charge < -0.3 is 9.47 Å². The van der Waals surface area contributed by atoms with Crippen LogP contribution in [0.1, 0.15) is 58.4 Å². The predicted molar refractivity (Wildman–Crippen MR) is 83.8 cm³/mol. The molecule has 20 heavy (non-hydrogen) atoms. The Kier molecular flexibility index (Phi) is 4.87. The molecule has 1 aromatic rings. The van der Waals surface area contributed by atoms with Gasteiger partial charge in [0.1, 0.15) is 5.75 Å². The molecule has 0 unspecified atom stereocenters. The molecule has 1 fully saturated rings. The SMILES string of the molecule is C=C(C)c1ccc(OC(C)(C)OC2CCCCC2)cc1. The molecule has 2 rings (SSSR count). The number of hydrogen-bond donors (Lipinski definition) is 0. The summed E-state index contributed by atoms with van der Waals surface area (Å²) in [4.78, 5) is 0. The van der Waals surface area contributed by atoms with Crippen molar-refractivity contribution in [2.45, 2.75) is 64.8 Å². The van der Waals surface area contributed by atoms with Crippen molar-refractivity contribution in [3.8, 4) is 5.75 Å². The summed E-state index contributed by atoms with van der Waals surface area (Å²) in [5.41, 5.74) is 2.21. The molecule has 0 saturated heterocycles. The van der Waals surface area contributed by atoms with Crippen LogP contribution in [-0.2, 0) is 4.74 Å². The van der Waals surface area contributed by atoms with Gasteiger partial charge in [-0.1, -0.05) is 43.5 Å². The van der Waals surface area contributed by atoms with Crippen molar-refractivity contribution in [3.63, 3.8) is 0 Å². The van der Waals surface area contributed by atoms with E-state index in [0.717, 1.165) is 29.7 Å². The topological polar surface area (TPSA) is 18.5 Å². The Morgan fingerprint density at radius 2 is 1.70 bits per heavy atom. The van der Waals surface area contributed by atoms with Gasteiger partial charge in [0, 0.05) is 13.8 Å². The maximum atomic E-state index is 6.12. The number of ether oxygens (including phenoxy) is 2. The molecule has 1 aliphatic carbocycles. The van der Waals surface area contributed by atoms with Gasteiger partial charge in [0.05, 0.1) is 6.10 Å². The summed E-state index contributed by atoms with van der Waals surface area (Å²) in [6.45, 7) is 9.94. The van der Waals surface area contributed by atoms with Crippen molar-refractivity contribution in [2.75, 3.05) is 0 Å². The molecule has 0 spiro atoms. The lowest BCUT2D eigenvalue weighted by atomic mass is 9.97. The highest BCUT2D eigenvalue weighted by Crippen LogP contribution is 2.27. The van der Waals surface area contributed by atoms with Crippen molar-refractivity contribution in [3.05, 3.63) is 36.4 Å². The van der Waals surface area contributed by atoms with Crippen LogP contribution in [-0.4, -0.2) is 11.9 Å². The summed E-state index contributed by atoms with van der Waals surface area (Å²) >= 11 is 0. The van der Waals surface area contributed by atoms with Crippen LogP contribution < -0.4 is 4.74 Å². The molecule has 2 heteroatoms. The van der Waals surface area contributed by atoms with Crippen molar-refractivity contribution < 1.29 is 9.47 Å². The first-order valence-electron chi connectivity index (χ1n) is 7.59. The highest BCUT2D eigenvalue weighted by atomic mass is 16.7. The van der Waals surface area contributed by atoms with Gasteiger partial charge in [-0.2, -0.15) is 0 Å². The molecule has 0 bridgehead atoms. The standard InChI is InChI=1S/C18H26O2/c1-14(2)15-10-12-17(13-11-15)20-18(3,4)19-16-8-6-5-7-9-16/h10-13,16H,1,5-9H2,2-4H3. The maximum Gasteiger partial charge on any atom is 0.205 e. The Morgan fingerprint density at radius 3 is 2.25 bits per heavy atom. The smallest absolute Gasteiger partial charge is 0.205 e. The number of allylic oxidation sites excluding steroid dienone is 1. The fourth-order valence-electron chi connectivity index (χ4n) is 2.70. The molecular formula is C18H26O2. The first kappa shape index (κ1) is 15.1. The van der Waals surface area contributed by atoms with Crippen LogP contribution in [0.2, 0.25) is 0 Å². The quantitative estimate of drug-likeness (QED) is 0.688. The van der Waals surface area contributed by atoms with E-state index >= 15 is 0 Å². The van der Waals surface area contributed by atoms with Crippen LogP contribution in [0.15, 0.2) is 30.8 Å². The first-order chi connectivity index (χ1) is 9.46. The van der Waals surface area contributed by atoms with Crippen molar-refractivity contribution in [1.29, 1.82) is 0 Å². The molecule has 0 aliphatic heterocycles. The van der Waals surface area contributed by atoms with E-state index in [1.54, 1.807) is 0 Å². The van der Waals surface area contributed by atoms with E-state index in [4.69, 9.17) is 9.47 Å². The van der Waals surface area contributed by atoms with E-state index in [9.17, 15) is 0 Å². The Bertz CT molecular complexity index is 439. The normalized spacial score (nSPS) is 16.9. The van der Waals surface area contributed by atoms with Crippen LogP contribution in [0.4, 0.5) is 0 Å². The van der Waals surface area contributed by atoms with Gasteiger partial charge in [-0.15, -0.1) is 0 Å². The van der Waals surface area contributed by atoms with E-state index < -0.39 is 5.79 Å². The summed E-state index contributed by atoms with van der Waals surface area (Å²) in [5.74, 6) is 0.267. The highest BCUT2D eigenvalue weighted by Gasteiger charge is 2.26. The minimum absolute atomic E-state index is 0.341. The van der Waals surface area contributed by atoms with Gasteiger partial charge in [-0.25, -0.2) is 0 Å². The fraction of sp³-hybridized carbons (Fsp3) is 0.556. The fourth-order valence-corrected chi connectivity index (χ4v) is 2.70. The van der Waals surface area contributed by atoms with E-state index in [1.165, 1.54) is 19.3 Å². The average Bonchev–Trinajstić information content (AvgIpc) is 2.39. The van der Waals surface area contributed by atoms with Crippen molar-refractivity contribution >= 4 is 5.57 Å². The van der Waals surface area contributed by atoms with Gasteiger partial charge in [-0.05, 0) is 37.5 Å². The summed E-state index contributed by atoms with van der Waals surface area (Å²) in [5, 5.41) is 0. The molecule has 2 nitrogen and oxygen atoms in total. The molecular weight excluding hydrogens is 248 g/mol. The third-order valence-electron chi connectivity index (χ3n) is 3.71. The molecule has 0 atom stereocenters. The lowest BCUT2D eigenvalue weighted by molar-refractivity contribution is -0.193. The molecule has 1 saturated carbocycles. The zero-order chi connectivity index (χ0) is 14.6. The van der Waals surface area contributed by atoms with Crippen molar-refractivity contribution in [1.82, 2.24) is 0 Å². The van der Waals surface area contributed by atoms with Crippen LogP contribution >= 0.6 is 0 Å². The largest absolute Gasteiger partial charge is 0.463 e. The monoisotopic (exact) mass is 274 g/mol. The maximum absolute atomic E-state index is 6.12. The molecule has 0 amide bonds. The molecule has 1 aliphatic rings. The van der Waals surface area contributed by atoms with Gasteiger partial charge in [0.25, 0.3) is 0 Å². The third kappa shape index (κ3) is 4.38. The molecule has 0 aromatic heterocycles. The molecule has 0 radical (unpaired) electrons. The molecule has 1 aromatic carbocycles. The van der Waals surface area contributed by atoms with E-state index in [1.807, 2.05) is 45.0 Å². The minimum Gasteiger partial charge on any atom is -0.463 e. The van der Waals surface area contributed by atoms with E-state index in [2.05, 4.69) is 6.58 Å². The molecule has 0 heterocycles. The number of benzene rings is 1. The predicted octanol–water partition coefficient (Wildman–Crippen LogP) is 5.18. The van der Waals surface area contributed by atoms with Crippen LogP contribution in [0.25, 0.3) is 5.57 Å². The van der Waals surface area contributed by atoms with Crippen molar-refractivity contribution in [2.24, 2.45) is 0 Å².